The van der Waals surface area contributed by atoms with Crippen molar-refractivity contribution in [1.29, 1.82) is 0 Å². The number of carboxylic acids is 1. The highest BCUT2D eigenvalue weighted by molar-refractivity contribution is 5.89. The van der Waals surface area contributed by atoms with Gasteiger partial charge in [-0.05, 0) is 18.9 Å². The molecule has 96 valence electrons. The van der Waals surface area contributed by atoms with Crippen molar-refractivity contribution < 1.29 is 24.2 Å². The number of methoxy groups -OCH3 is 2. The maximum atomic E-state index is 11.3. The fourth-order valence-electron chi connectivity index (χ4n) is 2.18. The molecule has 18 heavy (non-hydrogen) atoms. The molecule has 1 N–H and O–H groups in total. The zero-order valence-corrected chi connectivity index (χ0v) is 10.2. The fraction of sp³-hybridized carbons (Fsp3) is 0.385. The monoisotopic (exact) mass is 250 g/mol. The van der Waals surface area contributed by atoms with Gasteiger partial charge in [-0.1, -0.05) is 6.07 Å². The lowest BCUT2D eigenvalue weighted by atomic mass is 9.93. The summed E-state index contributed by atoms with van der Waals surface area (Å²) in [6.45, 7) is 0. The number of ether oxygens (including phenoxy) is 2. The third-order valence-electron chi connectivity index (χ3n) is 3.35. The summed E-state index contributed by atoms with van der Waals surface area (Å²) in [5.41, 5.74) is 0.0271. The summed E-state index contributed by atoms with van der Waals surface area (Å²) in [7, 11) is 2.86. The molecule has 0 amide bonds. The topological polar surface area (TPSA) is 72.8 Å². The highest BCUT2D eigenvalue weighted by Gasteiger charge is 2.54. The van der Waals surface area contributed by atoms with Crippen LogP contribution in [-0.4, -0.2) is 31.6 Å². The van der Waals surface area contributed by atoms with Crippen LogP contribution in [0.15, 0.2) is 12.1 Å². The van der Waals surface area contributed by atoms with Gasteiger partial charge in [0.25, 0.3) is 0 Å². The number of carbonyl (C=O) groups is 2. The highest BCUT2D eigenvalue weighted by Crippen LogP contribution is 2.53. The summed E-state index contributed by atoms with van der Waals surface area (Å²) in [4.78, 5) is 22.3. The smallest absolute Gasteiger partial charge is 0.314 e. The van der Waals surface area contributed by atoms with Gasteiger partial charge in [0.15, 0.2) is 17.8 Å². The molecule has 0 saturated heterocycles. The minimum absolute atomic E-state index is 0.289. The van der Waals surface area contributed by atoms with Gasteiger partial charge in [0.05, 0.1) is 25.2 Å². The van der Waals surface area contributed by atoms with Crippen molar-refractivity contribution >= 4 is 12.3 Å². The third kappa shape index (κ3) is 1.63. The van der Waals surface area contributed by atoms with Gasteiger partial charge in [0.1, 0.15) is 0 Å². The van der Waals surface area contributed by atoms with Gasteiger partial charge in [-0.15, -0.1) is 0 Å². The van der Waals surface area contributed by atoms with E-state index < -0.39 is 11.4 Å². The molecule has 1 saturated carbocycles. The van der Waals surface area contributed by atoms with E-state index in [-0.39, 0.29) is 5.75 Å². The second-order valence-corrected chi connectivity index (χ2v) is 4.27. The Morgan fingerprint density at radius 1 is 1.28 bits per heavy atom. The number of carbonyl (C=O) groups excluding carboxylic acids is 1. The van der Waals surface area contributed by atoms with Gasteiger partial charge in [-0.3, -0.25) is 9.59 Å². The first-order valence-electron chi connectivity index (χ1n) is 5.54. The number of benzene rings is 1. The number of hydrogen-bond donors (Lipinski definition) is 1. The van der Waals surface area contributed by atoms with Gasteiger partial charge in [-0.2, -0.15) is 0 Å². The van der Waals surface area contributed by atoms with E-state index in [1.807, 2.05) is 0 Å². The molecule has 1 aromatic carbocycles. The Morgan fingerprint density at radius 2 is 1.89 bits per heavy atom. The van der Waals surface area contributed by atoms with Crippen LogP contribution in [0.5, 0.6) is 11.5 Å². The van der Waals surface area contributed by atoms with Crippen LogP contribution in [0.1, 0.15) is 28.8 Å². The van der Waals surface area contributed by atoms with Crippen molar-refractivity contribution in [3.8, 4) is 11.5 Å². The molecule has 0 aromatic heterocycles. The average molecular weight is 250 g/mol. The first kappa shape index (κ1) is 12.4. The normalized spacial score (nSPS) is 15.9. The molecule has 0 bridgehead atoms. The molecule has 1 aliphatic rings. The zero-order chi connectivity index (χ0) is 13.3. The van der Waals surface area contributed by atoms with Gasteiger partial charge in [0.2, 0.25) is 0 Å². The molecule has 2 rings (SSSR count). The van der Waals surface area contributed by atoms with Crippen molar-refractivity contribution in [3.63, 3.8) is 0 Å². The van der Waals surface area contributed by atoms with Gasteiger partial charge < -0.3 is 14.6 Å². The summed E-state index contributed by atoms with van der Waals surface area (Å²) < 4.78 is 10.4. The largest absolute Gasteiger partial charge is 0.493 e. The summed E-state index contributed by atoms with van der Waals surface area (Å²) in [5.74, 6) is -0.249. The summed E-state index contributed by atoms with van der Waals surface area (Å²) in [6.07, 6.45) is 1.80. The maximum absolute atomic E-state index is 11.3. The third-order valence-corrected chi connectivity index (χ3v) is 3.35. The molecule has 0 spiro atoms. The van der Waals surface area contributed by atoms with Crippen molar-refractivity contribution in [2.75, 3.05) is 14.2 Å². The quantitative estimate of drug-likeness (QED) is 0.804. The maximum Gasteiger partial charge on any atom is 0.314 e. The SMILES string of the molecule is COc1c(C=O)ccc(C2(C(=O)O)CC2)c1OC. The van der Waals surface area contributed by atoms with Gasteiger partial charge in [-0.25, -0.2) is 0 Å². The van der Waals surface area contributed by atoms with E-state index in [2.05, 4.69) is 0 Å². The molecule has 5 heteroatoms. The summed E-state index contributed by atoms with van der Waals surface area (Å²) >= 11 is 0. The fourth-order valence-corrected chi connectivity index (χ4v) is 2.18. The van der Waals surface area contributed by atoms with Crippen LogP contribution < -0.4 is 9.47 Å². The molecule has 0 radical (unpaired) electrons. The van der Waals surface area contributed by atoms with E-state index in [4.69, 9.17) is 9.47 Å². The highest BCUT2D eigenvalue weighted by atomic mass is 16.5. The van der Waals surface area contributed by atoms with E-state index in [1.54, 1.807) is 12.1 Å². The Bertz CT molecular complexity index is 502. The number of carboxylic acid groups (broad SMARTS) is 1. The number of aldehydes is 1. The van der Waals surface area contributed by atoms with Crippen LogP contribution in [0.25, 0.3) is 0 Å². The Morgan fingerprint density at radius 3 is 2.28 bits per heavy atom. The van der Waals surface area contributed by atoms with Crippen LogP contribution in [0, 0.1) is 0 Å². The molecular weight excluding hydrogens is 236 g/mol. The first-order chi connectivity index (χ1) is 8.60. The Balaban J connectivity index is 2.63. The molecule has 1 aromatic rings. The Labute approximate surface area is 104 Å². The summed E-state index contributed by atoms with van der Waals surface area (Å²) in [5, 5.41) is 9.30. The van der Waals surface area contributed by atoms with Crippen LogP contribution in [0.3, 0.4) is 0 Å². The van der Waals surface area contributed by atoms with Crippen molar-refractivity contribution in [2.45, 2.75) is 18.3 Å². The summed E-state index contributed by atoms with van der Waals surface area (Å²) in [6, 6.07) is 3.19. The molecule has 0 atom stereocenters. The van der Waals surface area contributed by atoms with Gasteiger partial charge in [0, 0.05) is 5.56 Å². The van der Waals surface area contributed by atoms with E-state index in [1.165, 1.54) is 14.2 Å². The van der Waals surface area contributed by atoms with E-state index in [9.17, 15) is 14.7 Å². The number of aliphatic carboxylic acids is 1. The Kier molecular flexibility index (Phi) is 2.98. The molecule has 1 aliphatic carbocycles. The predicted octanol–water partition coefficient (Wildman–Crippen LogP) is 1.63. The number of hydrogen-bond acceptors (Lipinski definition) is 4. The molecule has 0 aliphatic heterocycles. The standard InChI is InChI=1S/C13H14O5/c1-17-10-8(7-14)3-4-9(11(10)18-2)13(5-6-13)12(15)16/h3-4,7H,5-6H2,1-2H3,(H,15,16). The van der Waals surface area contributed by atoms with Crippen molar-refractivity contribution in [3.05, 3.63) is 23.3 Å². The van der Waals surface area contributed by atoms with Crippen LogP contribution in [-0.2, 0) is 10.2 Å². The molecule has 0 heterocycles. The van der Waals surface area contributed by atoms with Crippen molar-refractivity contribution in [2.24, 2.45) is 0 Å². The molecule has 5 nitrogen and oxygen atoms in total. The zero-order valence-electron chi connectivity index (χ0n) is 10.2. The van der Waals surface area contributed by atoms with Crippen LogP contribution >= 0.6 is 0 Å². The van der Waals surface area contributed by atoms with Crippen LogP contribution in [0.4, 0.5) is 0 Å². The predicted molar refractivity (Wildman–Crippen MR) is 63.5 cm³/mol. The first-order valence-corrected chi connectivity index (χ1v) is 5.54. The molecular formula is C13H14O5. The van der Waals surface area contributed by atoms with Crippen LogP contribution in [0.2, 0.25) is 0 Å². The van der Waals surface area contributed by atoms with Crippen molar-refractivity contribution in [1.82, 2.24) is 0 Å². The number of rotatable bonds is 5. The average Bonchev–Trinajstić information content (AvgIpc) is 3.18. The van der Waals surface area contributed by atoms with E-state index in [0.29, 0.717) is 36.0 Å². The minimum atomic E-state index is -0.889. The van der Waals surface area contributed by atoms with E-state index >= 15 is 0 Å². The minimum Gasteiger partial charge on any atom is -0.493 e. The lowest BCUT2D eigenvalue weighted by Gasteiger charge is -2.18. The lowest BCUT2D eigenvalue weighted by molar-refractivity contribution is -0.140. The second-order valence-electron chi connectivity index (χ2n) is 4.27. The molecule has 0 unspecified atom stereocenters. The van der Waals surface area contributed by atoms with E-state index in [0.717, 1.165) is 0 Å². The second kappa shape index (κ2) is 4.33. The lowest BCUT2D eigenvalue weighted by Crippen LogP contribution is -2.20. The molecule has 1 fully saturated rings. The van der Waals surface area contributed by atoms with Gasteiger partial charge >= 0.3 is 5.97 Å². The Hall–Kier alpha value is -2.04.